The summed E-state index contributed by atoms with van der Waals surface area (Å²) in [5, 5.41) is 0. The van der Waals surface area contributed by atoms with Crippen LogP contribution in [0.25, 0.3) is 11.1 Å². The molecule has 90 valence electrons. The molecule has 0 atom stereocenters. The third-order valence-electron chi connectivity index (χ3n) is 2.51. The highest BCUT2D eigenvalue weighted by atomic mass is 32.1. The number of nitrogens with two attached hydrogens (primary N) is 1. The Bertz CT molecular complexity index is 491. The van der Waals surface area contributed by atoms with Crippen molar-refractivity contribution in [3.63, 3.8) is 0 Å². The molecule has 0 aliphatic rings. The topological polar surface area (TPSA) is 44.5 Å². The van der Waals surface area contributed by atoms with Gasteiger partial charge in [0.05, 0.1) is 7.11 Å². The van der Waals surface area contributed by atoms with E-state index in [4.69, 9.17) is 10.6 Å². The average molecular weight is 249 g/mol. The molecule has 0 aliphatic carbocycles. The van der Waals surface area contributed by atoms with Gasteiger partial charge in [0.15, 0.2) is 0 Å². The first kappa shape index (κ1) is 12.1. The molecule has 0 aliphatic heterocycles. The standard InChI is InChI=1S/C13H15NO2S/c1-9-13(7-12(17-9)8-16-15-2)10-3-5-11(14)6-4-10/h3-7H,8,14H2,1-2H3. The van der Waals surface area contributed by atoms with E-state index in [-0.39, 0.29) is 0 Å². The Morgan fingerprint density at radius 1 is 1.24 bits per heavy atom. The van der Waals surface area contributed by atoms with Crippen LogP contribution in [0.3, 0.4) is 0 Å². The Hall–Kier alpha value is -1.36. The summed E-state index contributed by atoms with van der Waals surface area (Å²) in [6.45, 7) is 2.59. The quantitative estimate of drug-likeness (QED) is 0.513. The van der Waals surface area contributed by atoms with Gasteiger partial charge in [-0.3, -0.25) is 0 Å². The number of rotatable bonds is 4. The largest absolute Gasteiger partial charge is 0.399 e. The first-order valence-electron chi connectivity index (χ1n) is 5.31. The van der Waals surface area contributed by atoms with Crippen LogP contribution in [0.2, 0.25) is 0 Å². The van der Waals surface area contributed by atoms with E-state index < -0.39 is 0 Å². The Morgan fingerprint density at radius 2 is 1.94 bits per heavy atom. The minimum absolute atomic E-state index is 0.483. The minimum atomic E-state index is 0.483. The van der Waals surface area contributed by atoms with Gasteiger partial charge in [0.1, 0.15) is 6.61 Å². The Kier molecular flexibility index (Phi) is 3.78. The van der Waals surface area contributed by atoms with Crippen molar-refractivity contribution in [1.29, 1.82) is 0 Å². The van der Waals surface area contributed by atoms with E-state index in [2.05, 4.69) is 17.9 Å². The number of hydrogen-bond acceptors (Lipinski definition) is 4. The van der Waals surface area contributed by atoms with Crippen LogP contribution in [0.5, 0.6) is 0 Å². The van der Waals surface area contributed by atoms with Crippen LogP contribution in [0, 0.1) is 6.92 Å². The molecule has 0 unspecified atom stereocenters. The first-order chi connectivity index (χ1) is 8.20. The molecule has 2 aromatic rings. The second-order valence-electron chi connectivity index (χ2n) is 3.73. The van der Waals surface area contributed by atoms with Gasteiger partial charge in [0.25, 0.3) is 0 Å². The Balaban J connectivity index is 2.26. The predicted octanol–water partition coefficient (Wildman–Crippen LogP) is 3.38. The number of anilines is 1. The van der Waals surface area contributed by atoms with E-state index in [1.54, 1.807) is 11.3 Å². The molecule has 0 saturated carbocycles. The number of nitrogen functional groups attached to an aromatic ring is 1. The molecule has 1 heterocycles. The fourth-order valence-electron chi connectivity index (χ4n) is 1.68. The maximum absolute atomic E-state index is 5.68. The van der Waals surface area contributed by atoms with Crippen LogP contribution in [-0.2, 0) is 16.4 Å². The molecule has 0 bridgehead atoms. The van der Waals surface area contributed by atoms with Crippen LogP contribution >= 0.6 is 11.3 Å². The van der Waals surface area contributed by atoms with Gasteiger partial charge >= 0.3 is 0 Å². The summed E-state index contributed by atoms with van der Waals surface area (Å²) in [5.41, 5.74) is 8.87. The van der Waals surface area contributed by atoms with Crippen molar-refractivity contribution in [1.82, 2.24) is 0 Å². The lowest BCUT2D eigenvalue weighted by Gasteiger charge is -2.00. The highest BCUT2D eigenvalue weighted by Crippen LogP contribution is 2.31. The van der Waals surface area contributed by atoms with Gasteiger partial charge in [0, 0.05) is 15.4 Å². The molecule has 17 heavy (non-hydrogen) atoms. The zero-order valence-corrected chi connectivity index (χ0v) is 10.7. The molecule has 0 spiro atoms. The number of hydrogen-bond donors (Lipinski definition) is 1. The van der Waals surface area contributed by atoms with Crippen LogP contribution in [-0.4, -0.2) is 7.11 Å². The average Bonchev–Trinajstić information content (AvgIpc) is 2.69. The Morgan fingerprint density at radius 3 is 2.59 bits per heavy atom. The van der Waals surface area contributed by atoms with Gasteiger partial charge in [-0.1, -0.05) is 12.1 Å². The van der Waals surface area contributed by atoms with Gasteiger partial charge in [-0.25, -0.2) is 9.78 Å². The molecular formula is C13H15NO2S. The minimum Gasteiger partial charge on any atom is -0.399 e. The molecule has 4 heteroatoms. The molecule has 0 saturated heterocycles. The summed E-state index contributed by atoms with van der Waals surface area (Å²) in [5.74, 6) is 0. The summed E-state index contributed by atoms with van der Waals surface area (Å²) >= 11 is 1.72. The van der Waals surface area contributed by atoms with E-state index in [9.17, 15) is 0 Å². The lowest BCUT2D eigenvalue weighted by atomic mass is 10.1. The normalized spacial score (nSPS) is 10.7. The fourth-order valence-corrected chi connectivity index (χ4v) is 2.64. The summed E-state index contributed by atoms with van der Waals surface area (Å²) in [7, 11) is 1.52. The molecule has 0 radical (unpaired) electrons. The SMILES string of the molecule is COOCc1cc(-c2ccc(N)cc2)c(C)s1. The van der Waals surface area contributed by atoms with E-state index in [1.165, 1.54) is 23.1 Å². The number of thiophene rings is 1. The van der Waals surface area contributed by atoms with Crippen LogP contribution < -0.4 is 5.73 Å². The zero-order valence-electron chi connectivity index (χ0n) is 9.90. The van der Waals surface area contributed by atoms with Crippen LogP contribution in [0.1, 0.15) is 9.75 Å². The smallest absolute Gasteiger partial charge is 0.116 e. The van der Waals surface area contributed by atoms with Crippen molar-refractivity contribution < 1.29 is 9.78 Å². The van der Waals surface area contributed by atoms with Gasteiger partial charge in [-0.15, -0.1) is 11.3 Å². The van der Waals surface area contributed by atoms with Gasteiger partial charge in [-0.05, 0) is 36.2 Å². The van der Waals surface area contributed by atoms with Gasteiger partial charge < -0.3 is 5.73 Å². The van der Waals surface area contributed by atoms with E-state index >= 15 is 0 Å². The second-order valence-corrected chi connectivity index (χ2v) is 5.07. The molecule has 2 N–H and O–H groups in total. The van der Waals surface area contributed by atoms with E-state index in [1.807, 2.05) is 24.3 Å². The van der Waals surface area contributed by atoms with E-state index in [0.717, 1.165) is 10.6 Å². The third kappa shape index (κ3) is 2.85. The summed E-state index contributed by atoms with van der Waals surface area (Å²) in [6.07, 6.45) is 0. The highest BCUT2D eigenvalue weighted by molar-refractivity contribution is 7.12. The maximum Gasteiger partial charge on any atom is 0.116 e. The zero-order chi connectivity index (χ0) is 12.3. The molecule has 1 aromatic heterocycles. The van der Waals surface area contributed by atoms with Crippen LogP contribution in [0.4, 0.5) is 5.69 Å². The monoisotopic (exact) mass is 249 g/mol. The van der Waals surface area contributed by atoms with Crippen molar-refractivity contribution in [2.24, 2.45) is 0 Å². The van der Waals surface area contributed by atoms with Gasteiger partial charge in [0.2, 0.25) is 0 Å². The summed E-state index contributed by atoms with van der Waals surface area (Å²) in [4.78, 5) is 12.0. The van der Waals surface area contributed by atoms with Crippen LogP contribution in [0.15, 0.2) is 30.3 Å². The number of aryl methyl sites for hydroxylation is 1. The second kappa shape index (κ2) is 5.31. The summed E-state index contributed by atoms with van der Waals surface area (Å²) < 4.78 is 0. The first-order valence-corrected chi connectivity index (χ1v) is 6.13. The molecule has 0 fully saturated rings. The van der Waals surface area contributed by atoms with Crippen molar-refractivity contribution in [2.45, 2.75) is 13.5 Å². The van der Waals surface area contributed by atoms with Crippen molar-refractivity contribution in [2.75, 3.05) is 12.8 Å². The molecule has 1 aromatic carbocycles. The maximum atomic E-state index is 5.68. The number of benzene rings is 1. The highest BCUT2D eigenvalue weighted by Gasteiger charge is 2.07. The Labute approximate surface area is 105 Å². The van der Waals surface area contributed by atoms with Crippen molar-refractivity contribution in [3.05, 3.63) is 40.1 Å². The third-order valence-corrected chi connectivity index (χ3v) is 3.53. The molecule has 2 rings (SSSR count). The van der Waals surface area contributed by atoms with Crippen molar-refractivity contribution in [3.8, 4) is 11.1 Å². The fraction of sp³-hybridized carbons (Fsp3) is 0.231. The molecule has 0 amide bonds. The lowest BCUT2D eigenvalue weighted by Crippen LogP contribution is -1.87. The predicted molar refractivity (Wildman–Crippen MR) is 70.7 cm³/mol. The van der Waals surface area contributed by atoms with Gasteiger partial charge in [-0.2, -0.15) is 0 Å². The molecular weight excluding hydrogens is 234 g/mol. The summed E-state index contributed by atoms with van der Waals surface area (Å²) in [6, 6.07) is 10.0. The molecule has 3 nitrogen and oxygen atoms in total. The van der Waals surface area contributed by atoms with Crippen molar-refractivity contribution >= 4 is 17.0 Å². The van der Waals surface area contributed by atoms with E-state index in [0.29, 0.717) is 6.61 Å². The lowest BCUT2D eigenvalue weighted by molar-refractivity contribution is -0.281.